The number of aliphatic hydroxyl groups excluding tert-OH is 7. The Balaban J connectivity index is 1.75. The van der Waals surface area contributed by atoms with Crippen LogP contribution in [-0.2, 0) is 33.2 Å². The molecule has 2 fully saturated rings. The van der Waals surface area contributed by atoms with Gasteiger partial charge in [0.2, 0.25) is 0 Å². The Hall–Kier alpha value is -3.09. The van der Waals surface area contributed by atoms with Gasteiger partial charge in [-0.15, -0.1) is 0 Å². The van der Waals surface area contributed by atoms with Gasteiger partial charge in [0.15, 0.2) is 12.6 Å². The molecule has 14 nitrogen and oxygen atoms in total. The van der Waals surface area contributed by atoms with Crippen LogP contribution in [0, 0.1) is 0 Å². The summed E-state index contributed by atoms with van der Waals surface area (Å²) in [6.45, 7) is 3.43. The number of rotatable bonds is 45. The lowest BCUT2D eigenvalue weighted by molar-refractivity contribution is -0.332. The first-order chi connectivity index (χ1) is 36.6. The number of hydrogen-bond donors (Lipinski definition) is 7. The molecule has 2 saturated heterocycles. The van der Waals surface area contributed by atoms with E-state index in [1.54, 1.807) is 0 Å². The summed E-state index contributed by atoms with van der Waals surface area (Å²) >= 11 is 0. The van der Waals surface area contributed by atoms with Crippen molar-refractivity contribution in [3.8, 4) is 0 Å². The van der Waals surface area contributed by atoms with Gasteiger partial charge >= 0.3 is 5.97 Å². The molecular weight excluding hydrogens is 957 g/mol. The predicted molar refractivity (Wildman–Crippen MR) is 298 cm³/mol. The summed E-state index contributed by atoms with van der Waals surface area (Å²) in [4.78, 5) is 13.1. The van der Waals surface area contributed by atoms with Gasteiger partial charge in [-0.3, -0.25) is 4.79 Å². The van der Waals surface area contributed by atoms with Crippen LogP contribution in [0.1, 0.15) is 181 Å². The molecule has 0 radical (unpaired) electrons. The lowest BCUT2D eigenvalue weighted by Gasteiger charge is -2.42. The number of carbonyl (C=O) groups excluding carboxylic acids is 1. The molecule has 2 heterocycles. The standard InChI is InChI=1S/C61H102O14/c1-3-5-7-9-11-13-15-17-19-21-23-24-25-26-27-28-30-32-34-36-38-40-42-44-53(63)73-50(47-70-45-43-41-39-37-35-33-31-29-22-20-18-16-14-12-10-8-6-4-2)48-71-60-59(69)57(67)55(65)52(75-60)49-72-61-58(68)56(66)54(64)51(46-62)74-61/h6,8,12,14-15,17-18,20-21,23,25-26,29,31,35,37,50-52,54-62,64-69H,3-5,7,9-11,13,16,19,22,24,27-28,30,32-34,36,38-49H2,1-2H3/b8-6-,14-12-,17-15-,20-18-,23-21-,26-25-,31-29-,37-35-. The van der Waals surface area contributed by atoms with E-state index in [2.05, 4.69) is 111 Å². The van der Waals surface area contributed by atoms with E-state index < -0.39 is 86.7 Å². The zero-order valence-electron chi connectivity index (χ0n) is 46.0. The van der Waals surface area contributed by atoms with E-state index >= 15 is 0 Å². The second-order valence-corrected chi connectivity index (χ2v) is 19.7. The maximum Gasteiger partial charge on any atom is 0.306 e. The second kappa shape index (κ2) is 47.0. The molecule has 0 spiro atoms. The van der Waals surface area contributed by atoms with Crippen LogP contribution >= 0.6 is 0 Å². The highest BCUT2D eigenvalue weighted by atomic mass is 16.7. The van der Waals surface area contributed by atoms with Crippen molar-refractivity contribution in [3.63, 3.8) is 0 Å². The quantitative estimate of drug-likeness (QED) is 0.0172. The molecule has 0 bridgehead atoms. The van der Waals surface area contributed by atoms with E-state index in [9.17, 15) is 40.5 Å². The van der Waals surface area contributed by atoms with Gasteiger partial charge < -0.3 is 64.2 Å². The van der Waals surface area contributed by atoms with Crippen LogP contribution in [-0.4, -0.2) is 142 Å². The van der Waals surface area contributed by atoms with Gasteiger partial charge in [0, 0.05) is 13.0 Å². The van der Waals surface area contributed by atoms with Crippen molar-refractivity contribution in [2.75, 3.05) is 33.0 Å². The summed E-state index contributed by atoms with van der Waals surface area (Å²) in [5, 5.41) is 72.3. The van der Waals surface area contributed by atoms with Crippen molar-refractivity contribution in [2.24, 2.45) is 0 Å². The third kappa shape index (κ3) is 33.7. The minimum absolute atomic E-state index is 0.0229. The number of hydrogen-bond acceptors (Lipinski definition) is 14. The highest BCUT2D eigenvalue weighted by Crippen LogP contribution is 2.26. The summed E-state index contributed by atoms with van der Waals surface area (Å²) in [7, 11) is 0. The van der Waals surface area contributed by atoms with Crippen LogP contribution < -0.4 is 0 Å². The Kier molecular flexibility index (Phi) is 42.6. The van der Waals surface area contributed by atoms with Crippen LogP contribution in [0.4, 0.5) is 0 Å². The number of unbranched alkanes of at least 4 members (excludes halogenated alkanes) is 15. The summed E-state index contributed by atoms with van der Waals surface area (Å²) in [5.41, 5.74) is 0. The first kappa shape index (κ1) is 68.0. The Bertz CT molecular complexity index is 1610. The van der Waals surface area contributed by atoms with Crippen LogP contribution in [0.25, 0.3) is 0 Å². The lowest BCUT2D eigenvalue weighted by Crippen LogP contribution is -2.61. The molecule has 0 amide bonds. The molecular formula is C61H102O14. The molecule has 11 unspecified atom stereocenters. The van der Waals surface area contributed by atoms with Gasteiger partial charge in [0.25, 0.3) is 0 Å². The molecule has 2 rings (SSSR count). The topological polar surface area (TPSA) is 214 Å². The van der Waals surface area contributed by atoms with Gasteiger partial charge in [0.05, 0.1) is 26.4 Å². The predicted octanol–water partition coefficient (Wildman–Crippen LogP) is 10.2. The molecule has 11 atom stereocenters. The molecule has 430 valence electrons. The minimum atomic E-state index is -1.72. The van der Waals surface area contributed by atoms with E-state index in [0.29, 0.717) is 13.0 Å². The lowest BCUT2D eigenvalue weighted by atomic mass is 9.98. The fourth-order valence-corrected chi connectivity index (χ4v) is 8.44. The van der Waals surface area contributed by atoms with Gasteiger partial charge in [-0.25, -0.2) is 0 Å². The molecule has 75 heavy (non-hydrogen) atoms. The zero-order valence-corrected chi connectivity index (χ0v) is 46.0. The first-order valence-corrected chi connectivity index (χ1v) is 28.8. The largest absolute Gasteiger partial charge is 0.457 e. The van der Waals surface area contributed by atoms with Crippen molar-refractivity contribution in [3.05, 3.63) is 97.2 Å². The third-order valence-corrected chi connectivity index (χ3v) is 13.1. The third-order valence-electron chi connectivity index (χ3n) is 13.1. The van der Waals surface area contributed by atoms with Crippen molar-refractivity contribution in [1.29, 1.82) is 0 Å². The molecule has 7 N–H and O–H groups in total. The van der Waals surface area contributed by atoms with E-state index in [1.807, 2.05) is 0 Å². The van der Waals surface area contributed by atoms with Crippen molar-refractivity contribution in [2.45, 2.75) is 248 Å². The Labute approximate surface area is 452 Å². The van der Waals surface area contributed by atoms with Gasteiger partial charge in [-0.1, -0.05) is 175 Å². The molecule has 0 aromatic rings. The smallest absolute Gasteiger partial charge is 0.306 e. The van der Waals surface area contributed by atoms with E-state index in [4.69, 9.17) is 28.4 Å². The maximum absolute atomic E-state index is 13.1. The van der Waals surface area contributed by atoms with Crippen LogP contribution in [0.5, 0.6) is 0 Å². The van der Waals surface area contributed by atoms with E-state index in [1.165, 1.54) is 64.2 Å². The molecule has 2 aliphatic heterocycles. The van der Waals surface area contributed by atoms with Crippen molar-refractivity contribution < 1.29 is 69.0 Å². The van der Waals surface area contributed by atoms with Gasteiger partial charge in [0.1, 0.15) is 54.9 Å². The van der Waals surface area contributed by atoms with Crippen LogP contribution in [0.15, 0.2) is 97.2 Å². The van der Waals surface area contributed by atoms with Crippen molar-refractivity contribution >= 4 is 5.97 Å². The summed E-state index contributed by atoms with van der Waals surface area (Å²) in [6, 6.07) is 0. The number of aliphatic hydroxyl groups is 7. The fourth-order valence-electron chi connectivity index (χ4n) is 8.44. The van der Waals surface area contributed by atoms with Gasteiger partial charge in [-0.2, -0.15) is 0 Å². The molecule has 0 aromatic heterocycles. The summed E-state index contributed by atoms with van der Waals surface area (Å²) in [6.07, 6.45) is 46.1. The fraction of sp³-hybridized carbons (Fsp3) is 0.721. The average Bonchev–Trinajstić information content (AvgIpc) is 3.41. The molecule has 0 aromatic carbocycles. The normalized spacial score (nSPS) is 25.3. The molecule has 14 heteroatoms. The Morgan fingerprint density at radius 1 is 0.453 bits per heavy atom. The van der Waals surface area contributed by atoms with E-state index in [-0.39, 0.29) is 19.6 Å². The summed E-state index contributed by atoms with van der Waals surface area (Å²) in [5.74, 6) is -0.402. The maximum atomic E-state index is 13.1. The van der Waals surface area contributed by atoms with Crippen molar-refractivity contribution in [1.82, 2.24) is 0 Å². The highest BCUT2D eigenvalue weighted by molar-refractivity contribution is 5.69. The van der Waals surface area contributed by atoms with E-state index in [0.717, 1.165) is 89.9 Å². The summed E-state index contributed by atoms with van der Waals surface area (Å²) < 4.78 is 34.3. The van der Waals surface area contributed by atoms with Crippen LogP contribution in [0.3, 0.4) is 0 Å². The molecule has 0 aliphatic carbocycles. The van der Waals surface area contributed by atoms with Gasteiger partial charge in [-0.05, 0) is 96.3 Å². The minimum Gasteiger partial charge on any atom is -0.457 e. The zero-order chi connectivity index (χ0) is 54.4. The Morgan fingerprint density at radius 2 is 0.867 bits per heavy atom. The number of carbonyl (C=O) groups is 1. The average molecular weight is 1060 g/mol. The second-order valence-electron chi connectivity index (χ2n) is 19.7. The number of ether oxygens (including phenoxy) is 6. The monoisotopic (exact) mass is 1060 g/mol. The highest BCUT2D eigenvalue weighted by Gasteiger charge is 2.47. The molecule has 0 saturated carbocycles. The SMILES string of the molecule is CC/C=C\C/C=C\C/C=C\C/C=C\C/C=C\CCCCOCC(COC1OC(COC2OC(CO)C(O)C(O)C2O)C(O)C(O)C1O)OC(=O)CCCCCCCCCC/C=C\C/C=C\C/C=C\CCCCCCC. The van der Waals surface area contributed by atoms with Crippen LogP contribution in [0.2, 0.25) is 0 Å². The number of allylic oxidation sites excluding steroid dienone is 16. The number of esters is 1. The Morgan fingerprint density at radius 3 is 1.36 bits per heavy atom. The first-order valence-electron chi connectivity index (χ1n) is 28.8. The molecule has 2 aliphatic rings.